The molecule has 0 aromatic carbocycles. The minimum absolute atomic E-state index is 0. The fourth-order valence-electron chi connectivity index (χ4n) is 3.57. The molecule has 0 atom stereocenters. The second-order valence-electron chi connectivity index (χ2n) is 9.20. The summed E-state index contributed by atoms with van der Waals surface area (Å²) in [5.74, 6) is -2.40. The van der Waals surface area contributed by atoms with E-state index in [0.29, 0.717) is 6.42 Å². The van der Waals surface area contributed by atoms with Crippen LogP contribution >= 0.6 is 0 Å². The molecule has 204 valence electrons. The van der Waals surface area contributed by atoms with Crippen molar-refractivity contribution in [3.63, 3.8) is 0 Å². The zero-order valence-corrected chi connectivity index (χ0v) is 22.0. The Morgan fingerprint density at radius 1 is 0.543 bits per heavy atom. The first kappa shape index (κ1) is 36.8. The van der Waals surface area contributed by atoms with E-state index in [1.165, 1.54) is 0 Å². The van der Waals surface area contributed by atoms with Crippen LogP contribution < -0.4 is 0 Å². The van der Waals surface area contributed by atoms with Crippen molar-refractivity contribution < 1.29 is 33.7 Å². The van der Waals surface area contributed by atoms with E-state index in [1.54, 1.807) is 0 Å². The predicted octanol–water partition coefficient (Wildman–Crippen LogP) is 5.12. The molecule has 8 heteroatoms. The van der Waals surface area contributed by atoms with Gasteiger partial charge in [0.2, 0.25) is 0 Å². The molecular weight excluding hydrogens is 476 g/mol. The molecule has 0 aromatic heterocycles. The molecule has 0 spiro atoms. The van der Waals surface area contributed by atoms with Gasteiger partial charge in [-0.15, -0.1) is 0 Å². The fraction of sp³-hybridized carbons (Fsp3) is 0.889. The average Bonchev–Trinajstić information content (AvgIpc) is 2.80. The van der Waals surface area contributed by atoms with Gasteiger partial charge in [0.25, 0.3) is 0 Å². The Balaban J connectivity index is 0. The second-order valence-corrected chi connectivity index (χ2v) is 9.20. The van der Waals surface area contributed by atoms with Gasteiger partial charge in [0.05, 0.1) is 32.7 Å². The zero-order valence-electron chi connectivity index (χ0n) is 22.0. The molecule has 0 aliphatic heterocycles. The molecule has 0 heterocycles. The molecule has 0 aliphatic carbocycles. The van der Waals surface area contributed by atoms with Gasteiger partial charge in [-0.1, -0.05) is 97.8 Å². The van der Waals surface area contributed by atoms with E-state index in [0.717, 1.165) is 89.9 Å². The second kappa shape index (κ2) is 25.3. The standard InChI is InChI=1S/C27H50O7.Ca.2H/c1-4-7-10-13-16-19-32-24(28)22-27(31,26(30)34-21-18-15-12-9-6-3)23-25(29)33-20-17-14-11-8-5-2;;;/h31H,4-23H2,1-3H3;;;. The van der Waals surface area contributed by atoms with E-state index in [2.05, 4.69) is 20.8 Å². The molecule has 0 amide bonds. The van der Waals surface area contributed by atoms with Crippen molar-refractivity contribution in [2.24, 2.45) is 0 Å². The summed E-state index contributed by atoms with van der Waals surface area (Å²) in [7, 11) is 0. The topological polar surface area (TPSA) is 99.1 Å². The summed E-state index contributed by atoms with van der Waals surface area (Å²) in [6.07, 6.45) is 13.7. The molecular formula is C27H52CaO7. The van der Waals surface area contributed by atoms with Crippen molar-refractivity contribution in [3.8, 4) is 0 Å². The van der Waals surface area contributed by atoms with E-state index in [1.807, 2.05) is 0 Å². The van der Waals surface area contributed by atoms with Crippen LogP contribution in [-0.4, -0.2) is 86.2 Å². The summed E-state index contributed by atoms with van der Waals surface area (Å²) in [4.78, 5) is 37.2. The minimum atomic E-state index is -2.28. The number of unbranched alkanes of at least 4 members (excludes halogenated alkanes) is 12. The summed E-state index contributed by atoms with van der Waals surface area (Å²) in [6.45, 7) is 6.98. The third-order valence-electron chi connectivity index (χ3n) is 5.76. The van der Waals surface area contributed by atoms with Crippen LogP contribution in [0.25, 0.3) is 0 Å². The summed E-state index contributed by atoms with van der Waals surface area (Å²) < 4.78 is 15.6. The van der Waals surface area contributed by atoms with Gasteiger partial charge in [0.1, 0.15) is 0 Å². The number of carbonyl (C=O) groups is 3. The Hall–Kier alpha value is -0.370. The van der Waals surface area contributed by atoms with Gasteiger partial charge < -0.3 is 19.3 Å². The summed E-state index contributed by atoms with van der Waals surface area (Å²) in [5.41, 5.74) is -2.28. The fourth-order valence-corrected chi connectivity index (χ4v) is 3.57. The van der Waals surface area contributed by atoms with E-state index in [4.69, 9.17) is 14.2 Å². The van der Waals surface area contributed by atoms with Crippen LogP contribution in [0.15, 0.2) is 0 Å². The number of esters is 3. The maximum atomic E-state index is 12.6. The normalized spacial score (nSPS) is 11.0. The van der Waals surface area contributed by atoms with Gasteiger partial charge in [-0.3, -0.25) is 9.59 Å². The number of aliphatic hydroxyl groups is 1. The van der Waals surface area contributed by atoms with E-state index in [-0.39, 0.29) is 57.6 Å². The Morgan fingerprint density at radius 2 is 0.857 bits per heavy atom. The van der Waals surface area contributed by atoms with Gasteiger partial charge in [-0.2, -0.15) is 0 Å². The van der Waals surface area contributed by atoms with Crippen molar-refractivity contribution in [1.29, 1.82) is 0 Å². The Kier molecular flexibility index (Phi) is 26.6. The van der Waals surface area contributed by atoms with Crippen LogP contribution in [0.3, 0.4) is 0 Å². The van der Waals surface area contributed by atoms with Gasteiger partial charge in [-0.05, 0) is 19.3 Å². The molecule has 0 rings (SSSR count). The van der Waals surface area contributed by atoms with Gasteiger partial charge in [0, 0.05) is 0 Å². The van der Waals surface area contributed by atoms with Crippen molar-refractivity contribution in [2.45, 2.75) is 136 Å². The van der Waals surface area contributed by atoms with Crippen LogP contribution in [0, 0.1) is 0 Å². The SMILES string of the molecule is CCCCCCCOC(=O)CC(O)(CC(=O)OCCCCCCC)C(=O)OCCCCCCC.[CaH2]. The van der Waals surface area contributed by atoms with Crippen LogP contribution in [0.1, 0.15) is 130 Å². The van der Waals surface area contributed by atoms with E-state index in [9.17, 15) is 19.5 Å². The first-order valence-electron chi connectivity index (χ1n) is 13.6. The number of hydrogen-bond acceptors (Lipinski definition) is 7. The molecule has 0 aliphatic rings. The van der Waals surface area contributed by atoms with Crippen molar-refractivity contribution in [1.82, 2.24) is 0 Å². The van der Waals surface area contributed by atoms with E-state index >= 15 is 0 Å². The molecule has 0 saturated carbocycles. The molecule has 0 radical (unpaired) electrons. The number of rotatable bonds is 23. The molecule has 1 N–H and O–H groups in total. The molecule has 0 unspecified atom stereocenters. The molecule has 0 saturated heterocycles. The zero-order chi connectivity index (χ0) is 25.5. The van der Waals surface area contributed by atoms with Gasteiger partial charge in [0.15, 0.2) is 5.60 Å². The maximum absolute atomic E-state index is 12.6. The molecule has 35 heavy (non-hydrogen) atoms. The monoisotopic (exact) mass is 528 g/mol. The first-order valence-corrected chi connectivity index (χ1v) is 13.6. The number of carbonyl (C=O) groups excluding carboxylic acids is 3. The van der Waals surface area contributed by atoms with Crippen LogP contribution in [0.4, 0.5) is 0 Å². The first-order chi connectivity index (χ1) is 16.4. The summed E-state index contributed by atoms with van der Waals surface area (Å²) in [5, 5.41) is 10.9. The van der Waals surface area contributed by atoms with Crippen LogP contribution in [-0.2, 0) is 28.6 Å². The van der Waals surface area contributed by atoms with Crippen LogP contribution in [0.5, 0.6) is 0 Å². The van der Waals surface area contributed by atoms with Gasteiger partial charge in [-0.25, -0.2) is 4.79 Å². The summed E-state index contributed by atoms with van der Waals surface area (Å²) in [6, 6.07) is 0. The molecule has 7 nitrogen and oxygen atoms in total. The van der Waals surface area contributed by atoms with Crippen molar-refractivity contribution in [3.05, 3.63) is 0 Å². The third-order valence-corrected chi connectivity index (χ3v) is 5.76. The van der Waals surface area contributed by atoms with E-state index < -0.39 is 36.4 Å². The summed E-state index contributed by atoms with van der Waals surface area (Å²) >= 11 is 0. The van der Waals surface area contributed by atoms with Crippen LogP contribution in [0.2, 0.25) is 0 Å². The molecule has 0 fully saturated rings. The quantitative estimate of drug-likeness (QED) is 0.0850. The molecule has 0 aromatic rings. The predicted molar refractivity (Wildman–Crippen MR) is 142 cm³/mol. The third kappa shape index (κ3) is 21.4. The van der Waals surface area contributed by atoms with Crippen molar-refractivity contribution >= 4 is 55.6 Å². The average molecular weight is 529 g/mol. The van der Waals surface area contributed by atoms with Gasteiger partial charge >= 0.3 is 55.6 Å². The van der Waals surface area contributed by atoms with Crippen molar-refractivity contribution in [2.75, 3.05) is 19.8 Å². The molecule has 0 bridgehead atoms. The Morgan fingerprint density at radius 3 is 1.20 bits per heavy atom. The number of ether oxygens (including phenoxy) is 3. The Bertz CT molecular complexity index is 510. The number of hydrogen-bond donors (Lipinski definition) is 1. The Labute approximate surface area is 243 Å².